The third-order valence-electron chi connectivity index (χ3n) is 4.41. The van der Waals surface area contributed by atoms with E-state index in [0.29, 0.717) is 24.0 Å². The Balaban J connectivity index is 1.53. The molecule has 8 nitrogen and oxygen atoms in total. The van der Waals surface area contributed by atoms with Crippen LogP contribution in [0.2, 0.25) is 0 Å². The average molecular weight is 338 g/mol. The fourth-order valence-corrected chi connectivity index (χ4v) is 3.07. The van der Waals surface area contributed by atoms with Crippen molar-refractivity contribution in [3.05, 3.63) is 48.2 Å². The minimum Gasteiger partial charge on any atom is -0.337 e. The van der Waals surface area contributed by atoms with E-state index in [1.54, 1.807) is 22.0 Å². The molecule has 4 rings (SSSR count). The van der Waals surface area contributed by atoms with Crippen LogP contribution in [-0.2, 0) is 11.3 Å². The second-order valence-corrected chi connectivity index (χ2v) is 6.05. The fraction of sp³-hybridized carbons (Fsp3) is 0.353. The van der Waals surface area contributed by atoms with Crippen LogP contribution in [-0.4, -0.2) is 42.3 Å². The fourth-order valence-electron chi connectivity index (χ4n) is 3.07. The van der Waals surface area contributed by atoms with Crippen LogP contribution >= 0.6 is 0 Å². The number of amides is 1. The van der Waals surface area contributed by atoms with Crippen LogP contribution in [0.4, 0.5) is 0 Å². The molecule has 0 saturated carbocycles. The number of carbonyl (C=O) groups is 1. The molecule has 1 aliphatic rings. The highest BCUT2D eigenvalue weighted by molar-refractivity contribution is 5.76. The highest BCUT2D eigenvalue weighted by Crippen LogP contribution is 2.32. The van der Waals surface area contributed by atoms with Gasteiger partial charge in [0.05, 0.1) is 0 Å². The van der Waals surface area contributed by atoms with Crippen LogP contribution in [0.25, 0.3) is 11.5 Å². The van der Waals surface area contributed by atoms with E-state index in [0.717, 1.165) is 18.5 Å². The molecule has 0 aromatic carbocycles. The largest absolute Gasteiger partial charge is 0.337 e. The van der Waals surface area contributed by atoms with Gasteiger partial charge < -0.3 is 9.42 Å². The summed E-state index contributed by atoms with van der Waals surface area (Å²) in [7, 11) is 0. The lowest BCUT2D eigenvalue weighted by Crippen LogP contribution is -2.34. The summed E-state index contributed by atoms with van der Waals surface area (Å²) >= 11 is 0. The molecule has 1 aliphatic heterocycles. The maximum absolute atomic E-state index is 12.7. The summed E-state index contributed by atoms with van der Waals surface area (Å²) in [5.41, 5.74) is 1.61. The monoisotopic (exact) mass is 338 g/mol. The second kappa shape index (κ2) is 6.46. The first-order valence-electron chi connectivity index (χ1n) is 8.25. The smallest absolute Gasteiger partial charge is 0.249 e. The van der Waals surface area contributed by atoms with Gasteiger partial charge in [-0.2, -0.15) is 10.1 Å². The van der Waals surface area contributed by atoms with Crippen LogP contribution in [0.1, 0.15) is 30.5 Å². The zero-order valence-electron chi connectivity index (χ0n) is 13.9. The first-order chi connectivity index (χ1) is 12.2. The summed E-state index contributed by atoms with van der Waals surface area (Å²) < 4.78 is 7.12. The van der Waals surface area contributed by atoms with Crippen molar-refractivity contribution in [3.63, 3.8) is 0 Å². The highest BCUT2D eigenvalue weighted by Gasteiger charge is 2.34. The van der Waals surface area contributed by atoms with Crippen molar-refractivity contribution in [1.82, 2.24) is 29.8 Å². The predicted octanol–water partition coefficient (Wildman–Crippen LogP) is 2.00. The van der Waals surface area contributed by atoms with Crippen molar-refractivity contribution >= 4 is 5.91 Å². The lowest BCUT2D eigenvalue weighted by atomic mass is 10.2. The Kier molecular flexibility index (Phi) is 4.01. The summed E-state index contributed by atoms with van der Waals surface area (Å²) in [6, 6.07) is 7.22. The van der Waals surface area contributed by atoms with Gasteiger partial charge in [0.25, 0.3) is 0 Å². The van der Waals surface area contributed by atoms with Gasteiger partial charge in [-0.05, 0) is 38.0 Å². The number of carbonyl (C=O) groups excluding carboxylic acids is 1. The van der Waals surface area contributed by atoms with Gasteiger partial charge >= 0.3 is 0 Å². The molecule has 0 unspecified atom stereocenters. The Hall–Kier alpha value is -3.03. The minimum atomic E-state index is -0.187. The van der Waals surface area contributed by atoms with Crippen LogP contribution < -0.4 is 0 Å². The van der Waals surface area contributed by atoms with Crippen LogP contribution in [0.5, 0.6) is 0 Å². The average Bonchev–Trinajstić information content (AvgIpc) is 3.36. The minimum absolute atomic E-state index is 0.00638. The Morgan fingerprint density at radius 3 is 3.00 bits per heavy atom. The number of hydrogen-bond donors (Lipinski definition) is 0. The quantitative estimate of drug-likeness (QED) is 0.723. The van der Waals surface area contributed by atoms with E-state index in [1.165, 1.54) is 0 Å². The Bertz CT molecular complexity index is 872. The number of aryl methyl sites for hydroxylation is 1. The van der Waals surface area contributed by atoms with E-state index < -0.39 is 0 Å². The Morgan fingerprint density at radius 1 is 1.32 bits per heavy atom. The molecule has 3 aromatic rings. The van der Waals surface area contributed by atoms with Gasteiger partial charge in [-0.1, -0.05) is 11.2 Å². The van der Waals surface area contributed by atoms with Crippen molar-refractivity contribution < 1.29 is 9.32 Å². The number of rotatable bonds is 4. The molecule has 1 atom stereocenters. The lowest BCUT2D eigenvalue weighted by molar-refractivity contribution is -0.133. The topological polar surface area (TPSA) is 89.9 Å². The van der Waals surface area contributed by atoms with E-state index >= 15 is 0 Å². The van der Waals surface area contributed by atoms with Gasteiger partial charge in [0.1, 0.15) is 18.3 Å². The summed E-state index contributed by atoms with van der Waals surface area (Å²) in [6.07, 6.45) is 5.11. The number of hydrogen-bond acceptors (Lipinski definition) is 6. The summed E-state index contributed by atoms with van der Waals surface area (Å²) in [5, 5.41) is 8.19. The van der Waals surface area contributed by atoms with Crippen molar-refractivity contribution in [1.29, 1.82) is 0 Å². The zero-order valence-corrected chi connectivity index (χ0v) is 13.9. The predicted molar refractivity (Wildman–Crippen MR) is 88.2 cm³/mol. The summed E-state index contributed by atoms with van der Waals surface area (Å²) in [6.45, 7) is 2.83. The number of pyridine rings is 1. The van der Waals surface area contributed by atoms with E-state index in [1.807, 2.05) is 31.2 Å². The third-order valence-corrected chi connectivity index (χ3v) is 4.41. The normalized spacial score (nSPS) is 17.2. The lowest BCUT2D eigenvalue weighted by Gasteiger charge is -2.22. The van der Waals surface area contributed by atoms with E-state index in [9.17, 15) is 4.79 Å². The first kappa shape index (κ1) is 15.5. The molecule has 4 heterocycles. The molecule has 0 N–H and O–H groups in total. The molecule has 0 aliphatic carbocycles. The molecule has 0 spiro atoms. The van der Waals surface area contributed by atoms with Gasteiger partial charge in [-0.15, -0.1) is 0 Å². The summed E-state index contributed by atoms with van der Waals surface area (Å²) in [5.74, 6) is 0.911. The summed E-state index contributed by atoms with van der Waals surface area (Å²) in [4.78, 5) is 23.2. The maximum Gasteiger partial charge on any atom is 0.249 e. The van der Waals surface area contributed by atoms with Crippen LogP contribution in [0, 0.1) is 6.92 Å². The standard InChI is InChI=1S/C17H18N6O2/c1-12-7-9-19-23(12)11-15(24)22-10-4-6-14(22)17-20-16(21-25-17)13-5-2-3-8-18-13/h2-3,5,7-9,14H,4,6,10-11H2,1H3/t14-/m1/s1. The number of aromatic nitrogens is 5. The number of nitrogens with zero attached hydrogens (tertiary/aromatic N) is 6. The van der Waals surface area contributed by atoms with E-state index in [4.69, 9.17) is 4.52 Å². The molecule has 0 radical (unpaired) electrons. The molecule has 0 bridgehead atoms. The molecular weight excluding hydrogens is 320 g/mol. The van der Waals surface area contributed by atoms with Crippen molar-refractivity contribution in [3.8, 4) is 11.5 Å². The van der Waals surface area contributed by atoms with Crippen molar-refractivity contribution in [2.24, 2.45) is 0 Å². The number of likely N-dealkylation sites (tertiary alicyclic amines) is 1. The van der Waals surface area contributed by atoms with Crippen molar-refractivity contribution in [2.75, 3.05) is 6.54 Å². The highest BCUT2D eigenvalue weighted by atomic mass is 16.5. The molecule has 128 valence electrons. The van der Waals surface area contributed by atoms with E-state index in [-0.39, 0.29) is 18.5 Å². The van der Waals surface area contributed by atoms with Gasteiger partial charge in [-0.3, -0.25) is 14.5 Å². The SMILES string of the molecule is Cc1ccnn1CC(=O)N1CCC[C@@H]1c1nc(-c2ccccn2)no1. The van der Waals surface area contributed by atoms with Crippen molar-refractivity contribution in [2.45, 2.75) is 32.4 Å². The van der Waals surface area contributed by atoms with Gasteiger partial charge in [0.2, 0.25) is 17.6 Å². The van der Waals surface area contributed by atoms with Crippen LogP contribution in [0.3, 0.4) is 0 Å². The molecule has 1 fully saturated rings. The molecule has 1 amide bonds. The first-order valence-corrected chi connectivity index (χ1v) is 8.25. The zero-order chi connectivity index (χ0) is 17.2. The maximum atomic E-state index is 12.7. The molecule has 25 heavy (non-hydrogen) atoms. The van der Waals surface area contributed by atoms with Gasteiger partial charge in [0, 0.05) is 24.6 Å². The van der Waals surface area contributed by atoms with Gasteiger partial charge in [-0.25, -0.2) is 0 Å². The van der Waals surface area contributed by atoms with E-state index in [2.05, 4.69) is 20.2 Å². The molecule has 1 saturated heterocycles. The van der Waals surface area contributed by atoms with Gasteiger partial charge in [0.15, 0.2) is 0 Å². The third kappa shape index (κ3) is 3.02. The van der Waals surface area contributed by atoms with Crippen LogP contribution in [0.15, 0.2) is 41.2 Å². The Labute approximate surface area is 144 Å². The second-order valence-electron chi connectivity index (χ2n) is 6.05. The molecule has 3 aromatic heterocycles. The molecule has 8 heteroatoms. The molecular formula is C17H18N6O2. The Morgan fingerprint density at radius 2 is 2.24 bits per heavy atom.